The highest BCUT2D eigenvalue weighted by Gasteiger charge is 2.35. The van der Waals surface area contributed by atoms with Crippen LogP contribution in [0.15, 0.2) is 73.6 Å². The van der Waals surface area contributed by atoms with Crippen LogP contribution < -0.4 is 31.1 Å². The summed E-state index contributed by atoms with van der Waals surface area (Å²) in [7, 11) is 6.29. The zero-order valence-corrected chi connectivity index (χ0v) is 51.2. The van der Waals surface area contributed by atoms with Gasteiger partial charge in [-0.05, 0) is 145 Å². The van der Waals surface area contributed by atoms with Crippen LogP contribution >= 0.6 is 0 Å². The molecule has 9 atom stereocenters. The van der Waals surface area contributed by atoms with Crippen molar-refractivity contribution in [1.29, 1.82) is 15.8 Å². The lowest BCUT2D eigenvalue weighted by atomic mass is 9.94. The fourth-order valence-electron chi connectivity index (χ4n) is 13.4. The van der Waals surface area contributed by atoms with E-state index in [-0.39, 0.29) is 29.9 Å². The number of amides is 2. The van der Waals surface area contributed by atoms with Crippen molar-refractivity contribution >= 4 is 67.9 Å². The van der Waals surface area contributed by atoms with Crippen LogP contribution in [0.2, 0.25) is 0 Å². The summed E-state index contributed by atoms with van der Waals surface area (Å²) in [6.07, 6.45) is 17.1. The molecule has 22 heteroatoms. The standard InChI is InChI=1S/2C22H28N6O.C14H15N5.C7H13NO2/c2*1-15-12-28(19-6-5-17(11-23)21-22(19)25-8-7-24-21)14-18(15)26-20(29)10-16-4-3-9-27(2)13-16;1-9-7-19(8-11(9)16)12-3-2-10(6-15)13-14(12)18-5-4-17-13;1-8-3-2-6(5-8)4-7(9)10/h2*5-8,15-16,18H,3-4,9-10,12-14H2,1-2H3,(H,26,29);2-5,9,11H,7-8,16H2,1H3;6H,2-5H2,1H3,(H,9,10)/t2*15-,16?,18+;9-,11+;/m111./s1. The number of hydrogen-bond donors (Lipinski definition) is 4. The van der Waals surface area contributed by atoms with Crippen LogP contribution in [-0.2, 0) is 14.4 Å². The minimum atomic E-state index is -0.666. The van der Waals surface area contributed by atoms with Gasteiger partial charge in [0.05, 0.1) is 45.8 Å². The molecule has 5 N–H and O–H groups in total. The number of fused-ring (bicyclic) bond motifs is 3. The molecule has 6 saturated heterocycles. The number of benzene rings is 3. The molecule has 2 amide bonds. The fraction of sp³-hybridized carbons (Fsp3) is 0.538. The monoisotopic (exact) mass is 1180 g/mol. The highest BCUT2D eigenvalue weighted by atomic mass is 16.4. The molecule has 0 aliphatic carbocycles. The van der Waals surface area contributed by atoms with E-state index >= 15 is 0 Å². The highest BCUT2D eigenvalue weighted by Crippen LogP contribution is 2.34. The number of likely N-dealkylation sites (tertiary alicyclic amines) is 3. The molecule has 87 heavy (non-hydrogen) atoms. The van der Waals surface area contributed by atoms with Gasteiger partial charge in [-0.25, -0.2) is 0 Å². The van der Waals surface area contributed by atoms with Crippen molar-refractivity contribution in [3.05, 3.63) is 90.3 Å². The van der Waals surface area contributed by atoms with Crippen molar-refractivity contribution in [1.82, 2.24) is 55.2 Å². The van der Waals surface area contributed by atoms with Crippen molar-refractivity contribution < 1.29 is 19.5 Å². The molecule has 0 spiro atoms. The van der Waals surface area contributed by atoms with E-state index < -0.39 is 5.97 Å². The van der Waals surface area contributed by atoms with Crippen LogP contribution in [0, 0.1) is 69.5 Å². The summed E-state index contributed by atoms with van der Waals surface area (Å²) in [5, 5.41) is 42.8. The average Bonchev–Trinajstić information content (AvgIpc) is 3.31. The summed E-state index contributed by atoms with van der Waals surface area (Å²) in [6.45, 7) is 17.7. The number of nitrogens with zero attached hydrogens (tertiary/aromatic N) is 15. The normalized spacial score (nSPS) is 24.8. The quantitative estimate of drug-likeness (QED) is 0.115. The first-order valence-corrected chi connectivity index (χ1v) is 30.8. The first-order chi connectivity index (χ1) is 42.0. The lowest BCUT2D eigenvalue weighted by Crippen LogP contribution is -2.42. The maximum absolute atomic E-state index is 12.7. The van der Waals surface area contributed by atoms with Crippen molar-refractivity contribution in [2.24, 2.45) is 41.2 Å². The van der Waals surface area contributed by atoms with Crippen molar-refractivity contribution in [2.45, 2.75) is 90.3 Å². The number of piperidine rings is 2. The van der Waals surface area contributed by atoms with Gasteiger partial charge in [0.15, 0.2) is 0 Å². The molecule has 6 fully saturated rings. The van der Waals surface area contributed by atoms with Gasteiger partial charge in [0.1, 0.15) is 51.3 Å². The van der Waals surface area contributed by atoms with E-state index in [9.17, 15) is 24.9 Å². The van der Waals surface area contributed by atoms with E-state index in [1.165, 1.54) is 12.8 Å². The van der Waals surface area contributed by atoms with Crippen molar-refractivity contribution in [2.75, 3.05) is 114 Å². The Bertz CT molecular complexity index is 3350. The van der Waals surface area contributed by atoms with Crippen LogP contribution in [0.5, 0.6) is 0 Å². The number of nitriles is 3. The van der Waals surface area contributed by atoms with E-state index in [4.69, 9.17) is 16.1 Å². The number of hydrogen-bond acceptors (Lipinski definition) is 19. The molecule has 6 aliphatic rings. The molecular formula is C65H84N18O4. The third kappa shape index (κ3) is 16.1. The molecule has 3 aromatic heterocycles. The van der Waals surface area contributed by atoms with Gasteiger partial charge in [0.2, 0.25) is 11.8 Å². The summed E-state index contributed by atoms with van der Waals surface area (Å²) < 4.78 is 0. The van der Waals surface area contributed by atoms with E-state index in [1.807, 2.05) is 37.4 Å². The number of carbonyl (C=O) groups excluding carboxylic acids is 2. The Morgan fingerprint density at radius 1 is 0.483 bits per heavy atom. The Balaban J connectivity index is 0.000000147. The average molecular weight is 1180 g/mol. The zero-order chi connectivity index (χ0) is 61.7. The predicted molar refractivity (Wildman–Crippen MR) is 336 cm³/mol. The lowest BCUT2D eigenvalue weighted by Gasteiger charge is -2.29. The van der Waals surface area contributed by atoms with Gasteiger partial charge >= 0.3 is 5.97 Å². The maximum Gasteiger partial charge on any atom is 0.303 e. The summed E-state index contributed by atoms with van der Waals surface area (Å²) in [6, 6.07) is 18.2. The Morgan fingerprint density at radius 3 is 1.16 bits per heavy atom. The van der Waals surface area contributed by atoms with Crippen molar-refractivity contribution in [3.63, 3.8) is 0 Å². The smallest absolute Gasteiger partial charge is 0.303 e. The summed E-state index contributed by atoms with van der Waals surface area (Å²) in [5.74, 6) is 2.11. The second-order valence-corrected chi connectivity index (χ2v) is 25.1. The molecular weight excluding hydrogens is 1100 g/mol. The Hall–Kier alpha value is -8.20. The van der Waals surface area contributed by atoms with Gasteiger partial charge in [0, 0.05) is 121 Å². The van der Waals surface area contributed by atoms with Gasteiger partial charge in [0.25, 0.3) is 0 Å². The third-order valence-electron chi connectivity index (χ3n) is 18.1. The zero-order valence-electron chi connectivity index (χ0n) is 51.2. The Kier molecular flexibility index (Phi) is 21.4. The fourth-order valence-corrected chi connectivity index (χ4v) is 13.4. The number of carboxylic acid groups (broad SMARTS) is 1. The van der Waals surface area contributed by atoms with Gasteiger partial charge in [-0.15, -0.1) is 0 Å². The maximum atomic E-state index is 12.7. The second-order valence-electron chi connectivity index (χ2n) is 25.1. The largest absolute Gasteiger partial charge is 0.481 e. The van der Waals surface area contributed by atoms with Crippen LogP contribution in [-0.4, -0.2) is 185 Å². The van der Waals surface area contributed by atoms with E-state index in [1.54, 1.807) is 43.2 Å². The third-order valence-corrected chi connectivity index (χ3v) is 18.1. The predicted octanol–water partition coefficient (Wildman–Crippen LogP) is 6.05. The molecule has 0 bridgehead atoms. The summed E-state index contributed by atoms with van der Waals surface area (Å²) in [4.78, 5) is 75.4. The van der Waals surface area contributed by atoms with Crippen LogP contribution in [0.3, 0.4) is 0 Å². The first kappa shape index (κ1) is 63.3. The van der Waals surface area contributed by atoms with Gasteiger partial charge in [-0.3, -0.25) is 44.3 Å². The number of nitrogens with one attached hydrogen (secondary N) is 2. The van der Waals surface area contributed by atoms with Crippen LogP contribution in [0.1, 0.15) is 88.8 Å². The van der Waals surface area contributed by atoms with Crippen LogP contribution in [0.25, 0.3) is 33.1 Å². The summed E-state index contributed by atoms with van der Waals surface area (Å²) >= 11 is 0. The van der Waals surface area contributed by atoms with Gasteiger partial charge in [-0.2, -0.15) is 15.8 Å². The van der Waals surface area contributed by atoms with E-state index in [2.05, 4.69) is 123 Å². The Morgan fingerprint density at radius 2 is 0.828 bits per heavy atom. The molecule has 0 radical (unpaired) electrons. The summed E-state index contributed by atoms with van der Waals surface area (Å²) in [5.41, 5.74) is 14.9. The van der Waals surface area contributed by atoms with Crippen molar-refractivity contribution in [3.8, 4) is 18.2 Å². The number of nitrogens with two attached hydrogens (primary N) is 1. The van der Waals surface area contributed by atoms with Gasteiger partial charge < -0.3 is 50.9 Å². The minimum absolute atomic E-state index is 0.117. The van der Waals surface area contributed by atoms with E-state index in [0.29, 0.717) is 88.0 Å². The number of rotatable bonds is 11. The molecule has 22 nitrogen and oxygen atoms in total. The number of carboxylic acids is 1. The van der Waals surface area contributed by atoms with Crippen LogP contribution in [0.4, 0.5) is 17.1 Å². The first-order valence-electron chi connectivity index (χ1n) is 30.8. The number of anilines is 3. The number of aliphatic carboxylic acids is 1. The molecule has 0 saturated carbocycles. The molecule has 458 valence electrons. The molecule has 3 unspecified atom stereocenters. The molecule has 3 aromatic carbocycles. The van der Waals surface area contributed by atoms with E-state index in [0.717, 1.165) is 131 Å². The Labute approximate surface area is 510 Å². The lowest BCUT2D eigenvalue weighted by molar-refractivity contribution is -0.138. The molecule has 6 aliphatic heterocycles. The molecule has 6 aromatic rings. The SMILES string of the molecule is CN1CCC(CC(=O)O)C1.C[C@@H]1CN(c2ccc(C#N)c3nccnc23)C[C@@H]1N.C[C@@H]1CN(c2ccc(C#N)c3nccnc23)C[C@@H]1NC(=O)CC1CCCN(C)C1.C[C@@H]1CN(c2ccc(C#N)c3nccnc23)C[C@@H]1NC(=O)CC1CCCN(C)C1. The number of carbonyl (C=O) groups is 3. The number of aromatic nitrogens is 6. The highest BCUT2D eigenvalue weighted by molar-refractivity contribution is 5.94. The topological polar surface area (TPSA) is 290 Å². The molecule has 12 rings (SSSR count). The molecule has 9 heterocycles. The second kappa shape index (κ2) is 29.5. The minimum Gasteiger partial charge on any atom is -0.481 e. The van der Waals surface area contributed by atoms with Gasteiger partial charge in [-0.1, -0.05) is 20.8 Å².